The van der Waals surface area contributed by atoms with E-state index in [0.29, 0.717) is 18.4 Å². The van der Waals surface area contributed by atoms with Gasteiger partial charge in [0.25, 0.3) is 5.91 Å². The lowest BCUT2D eigenvalue weighted by atomic mass is 9.98. The van der Waals surface area contributed by atoms with Crippen LogP contribution in [0.4, 0.5) is 0 Å². The molecular formula is C21H25ClN2O2. The summed E-state index contributed by atoms with van der Waals surface area (Å²) in [4.78, 5) is 15.0. The van der Waals surface area contributed by atoms with Crippen LogP contribution in [0.5, 0.6) is 5.75 Å². The maximum atomic E-state index is 13.0. The summed E-state index contributed by atoms with van der Waals surface area (Å²) in [5.41, 5.74) is 7.88. The van der Waals surface area contributed by atoms with Crippen LogP contribution < -0.4 is 10.5 Å². The van der Waals surface area contributed by atoms with Crippen molar-refractivity contribution in [2.45, 2.75) is 25.5 Å². The van der Waals surface area contributed by atoms with Crippen molar-refractivity contribution in [3.8, 4) is 5.75 Å². The molecule has 2 fully saturated rings. The van der Waals surface area contributed by atoms with Crippen LogP contribution in [-0.4, -0.2) is 29.9 Å². The first-order chi connectivity index (χ1) is 12.2. The number of fused-ring (bicyclic) bond motifs is 1. The second-order valence-electron chi connectivity index (χ2n) is 7.13. The standard InChI is InChI=1S/C21H24N2O2.ClH/c22-20-11-10-15-12-23(13-19(15)20)21(24)18-9-5-4-6-16(18)14-25-17-7-2-1-3-8-17;/h1-9,15,19-20H,10-14,22H2;1H. The van der Waals surface area contributed by atoms with E-state index in [2.05, 4.69) is 0 Å². The Labute approximate surface area is 160 Å². The van der Waals surface area contributed by atoms with E-state index >= 15 is 0 Å². The number of ether oxygens (including phenoxy) is 1. The van der Waals surface area contributed by atoms with E-state index in [-0.39, 0.29) is 24.4 Å². The van der Waals surface area contributed by atoms with Crippen LogP contribution in [0.3, 0.4) is 0 Å². The average molecular weight is 373 g/mol. The Kier molecular flexibility index (Phi) is 5.84. The predicted molar refractivity (Wildman–Crippen MR) is 105 cm³/mol. The number of halogens is 1. The maximum absolute atomic E-state index is 13.0. The Morgan fingerprint density at radius 1 is 1.04 bits per heavy atom. The molecule has 1 saturated carbocycles. The number of nitrogens with zero attached hydrogens (tertiary/aromatic N) is 1. The van der Waals surface area contributed by atoms with E-state index in [4.69, 9.17) is 10.5 Å². The van der Waals surface area contributed by atoms with Crippen molar-refractivity contribution in [3.05, 3.63) is 65.7 Å². The summed E-state index contributed by atoms with van der Waals surface area (Å²) >= 11 is 0. The third-order valence-corrected chi connectivity index (χ3v) is 5.58. The first kappa shape index (κ1) is 18.7. The van der Waals surface area contributed by atoms with Crippen LogP contribution >= 0.6 is 12.4 Å². The molecule has 3 atom stereocenters. The molecule has 0 radical (unpaired) electrons. The number of para-hydroxylation sites is 1. The van der Waals surface area contributed by atoms with Crippen LogP contribution in [0.25, 0.3) is 0 Å². The number of carbonyl (C=O) groups excluding carboxylic acids is 1. The van der Waals surface area contributed by atoms with E-state index in [1.165, 1.54) is 0 Å². The highest BCUT2D eigenvalue weighted by Gasteiger charge is 2.42. The monoisotopic (exact) mass is 372 g/mol. The molecule has 5 heteroatoms. The van der Waals surface area contributed by atoms with Crippen LogP contribution in [0.15, 0.2) is 54.6 Å². The molecule has 0 aromatic heterocycles. The summed E-state index contributed by atoms with van der Waals surface area (Å²) in [6, 6.07) is 17.7. The molecule has 26 heavy (non-hydrogen) atoms. The van der Waals surface area contributed by atoms with Gasteiger partial charge in [-0.2, -0.15) is 0 Å². The SMILES string of the molecule is Cl.NC1CCC2CN(C(=O)c3ccccc3COc3ccccc3)CC12. The summed E-state index contributed by atoms with van der Waals surface area (Å²) in [7, 11) is 0. The molecule has 1 amide bonds. The third-order valence-electron chi connectivity index (χ3n) is 5.58. The molecule has 0 spiro atoms. The molecule has 3 unspecified atom stereocenters. The van der Waals surface area contributed by atoms with Gasteiger partial charge in [0.1, 0.15) is 12.4 Å². The Hall–Kier alpha value is -2.04. The van der Waals surface area contributed by atoms with Crippen molar-refractivity contribution in [1.29, 1.82) is 0 Å². The molecule has 2 aliphatic rings. The lowest BCUT2D eigenvalue weighted by Crippen LogP contribution is -2.34. The quantitative estimate of drug-likeness (QED) is 0.893. The number of carbonyl (C=O) groups is 1. The topological polar surface area (TPSA) is 55.6 Å². The van der Waals surface area contributed by atoms with Crippen molar-refractivity contribution >= 4 is 18.3 Å². The third kappa shape index (κ3) is 3.71. The minimum Gasteiger partial charge on any atom is -0.489 e. The Bertz CT molecular complexity index is 753. The number of nitrogens with two attached hydrogens (primary N) is 1. The zero-order valence-electron chi connectivity index (χ0n) is 14.7. The van der Waals surface area contributed by atoms with E-state index in [1.54, 1.807) is 0 Å². The van der Waals surface area contributed by atoms with Gasteiger partial charge in [0.15, 0.2) is 0 Å². The fraction of sp³-hybridized carbons (Fsp3) is 0.381. The van der Waals surface area contributed by atoms with Gasteiger partial charge in [-0.15, -0.1) is 12.4 Å². The van der Waals surface area contributed by atoms with Gasteiger partial charge in [-0.1, -0.05) is 36.4 Å². The summed E-state index contributed by atoms with van der Waals surface area (Å²) in [6.07, 6.45) is 2.24. The summed E-state index contributed by atoms with van der Waals surface area (Å²) in [5, 5.41) is 0. The van der Waals surface area contributed by atoms with Gasteiger partial charge in [-0.3, -0.25) is 4.79 Å². The zero-order chi connectivity index (χ0) is 17.2. The predicted octanol–water partition coefficient (Wildman–Crippen LogP) is 3.50. The molecule has 1 saturated heterocycles. The Balaban J connectivity index is 0.00000196. The van der Waals surface area contributed by atoms with E-state index < -0.39 is 0 Å². The Morgan fingerprint density at radius 3 is 2.54 bits per heavy atom. The number of benzene rings is 2. The summed E-state index contributed by atoms with van der Waals surface area (Å²) in [5.74, 6) is 1.96. The van der Waals surface area contributed by atoms with Crippen molar-refractivity contribution < 1.29 is 9.53 Å². The lowest BCUT2D eigenvalue weighted by Gasteiger charge is -2.20. The van der Waals surface area contributed by atoms with E-state index in [9.17, 15) is 4.79 Å². The van der Waals surface area contributed by atoms with Gasteiger partial charge in [0, 0.05) is 30.3 Å². The van der Waals surface area contributed by atoms with Gasteiger partial charge in [0.2, 0.25) is 0 Å². The van der Waals surface area contributed by atoms with Gasteiger partial charge in [0.05, 0.1) is 0 Å². The van der Waals surface area contributed by atoms with Crippen molar-refractivity contribution in [3.63, 3.8) is 0 Å². The zero-order valence-corrected chi connectivity index (χ0v) is 15.5. The molecular weight excluding hydrogens is 348 g/mol. The van der Waals surface area contributed by atoms with Crippen LogP contribution in [0.1, 0.15) is 28.8 Å². The minimum atomic E-state index is 0. The van der Waals surface area contributed by atoms with Crippen molar-refractivity contribution in [1.82, 2.24) is 4.90 Å². The smallest absolute Gasteiger partial charge is 0.254 e. The average Bonchev–Trinajstić information content (AvgIpc) is 3.23. The van der Waals surface area contributed by atoms with Crippen molar-refractivity contribution in [2.24, 2.45) is 17.6 Å². The lowest BCUT2D eigenvalue weighted by molar-refractivity contribution is 0.0777. The maximum Gasteiger partial charge on any atom is 0.254 e. The summed E-state index contributed by atoms with van der Waals surface area (Å²) in [6.45, 7) is 2.02. The van der Waals surface area contributed by atoms with E-state index in [1.807, 2.05) is 59.5 Å². The van der Waals surface area contributed by atoms with Crippen LogP contribution in [-0.2, 0) is 6.61 Å². The fourth-order valence-corrected chi connectivity index (χ4v) is 4.18. The normalized spacial score (nSPS) is 24.0. The first-order valence-electron chi connectivity index (χ1n) is 9.03. The number of rotatable bonds is 4. The first-order valence-corrected chi connectivity index (χ1v) is 9.03. The van der Waals surface area contributed by atoms with Gasteiger partial charge >= 0.3 is 0 Å². The number of likely N-dealkylation sites (tertiary alicyclic amines) is 1. The second kappa shape index (κ2) is 8.11. The second-order valence-corrected chi connectivity index (χ2v) is 7.13. The van der Waals surface area contributed by atoms with Crippen LogP contribution in [0, 0.1) is 11.8 Å². The van der Waals surface area contributed by atoms with Crippen LogP contribution in [0.2, 0.25) is 0 Å². The molecule has 138 valence electrons. The number of hydrogen-bond donors (Lipinski definition) is 1. The molecule has 1 heterocycles. The highest BCUT2D eigenvalue weighted by atomic mass is 35.5. The molecule has 4 rings (SSSR count). The van der Waals surface area contributed by atoms with Gasteiger partial charge in [-0.25, -0.2) is 0 Å². The van der Waals surface area contributed by atoms with Gasteiger partial charge < -0.3 is 15.4 Å². The number of hydrogen-bond acceptors (Lipinski definition) is 3. The van der Waals surface area contributed by atoms with E-state index in [0.717, 1.165) is 42.8 Å². The largest absolute Gasteiger partial charge is 0.489 e. The fourth-order valence-electron chi connectivity index (χ4n) is 4.18. The minimum absolute atomic E-state index is 0. The number of amides is 1. The molecule has 1 aliphatic carbocycles. The summed E-state index contributed by atoms with van der Waals surface area (Å²) < 4.78 is 5.85. The van der Waals surface area contributed by atoms with Crippen molar-refractivity contribution in [2.75, 3.05) is 13.1 Å². The Morgan fingerprint density at radius 2 is 1.77 bits per heavy atom. The molecule has 2 aromatic carbocycles. The molecule has 2 N–H and O–H groups in total. The molecule has 2 aromatic rings. The van der Waals surface area contributed by atoms with Gasteiger partial charge in [-0.05, 0) is 42.9 Å². The molecule has 0 bridgehead atoms. The highest BCUT2D eigenvalue weighted by molar-refractivity contribution is 5.95. The molecule has 4 nitrogen and oxygen atoms in total. The molecule has 1 aliphatic heterocycles. The highest BCUT2D eigenvalue weighted by Crippen LogP contribution is 2.37.